The Balaban J connectivity index is 1.35. The standard InChI is InChI=1S/C27H35NO4S/c1-17(29)31-19-11-13-26(2)18(16-19)7-8-20-21-9-10-23(27(21,3)14-12-22(20)26)25(30)32-28-15-5-4-6-24(28)33/h4-7,15,19-23H,8-14,16H2,1-3H3/t19-,20-,21-,22-,23+,26-,27-/m0/s1. The van der Waals surface area contributed by atoms with Gasteiger partial charge in [-0.1, -0.05) is 43.8 Å². The lowest BCUT2D eigenvalue weighted by Crippen LogP contribution is -2.51. The molecule has 3 saturated carbocycles. The number of aromatic nitrogens is 1. The molecule has 0 bridgehead atoms. The molecule has 0 unspecified atom stereocenters. The molecule has 7 atom stereocenters. The Bertz CT molecular complexity index is 1050. The zero-order valence-corrected chi connectivity index (χ0v) is 20.7. The molecule has 3 fully saturated rings. The maximum Gasteiger partial charge on any atom is 0.336 e. The highest BCUT2D eigenvalue weighted by Crippen LogP contribution is 2.66. The summed E-state index contributed by atoms with van der Waals surface area (Å²) in [5.74, 6) is 1.40. The zero-order chi connectivity index (χ0) is 23.4. The fourth-order valence-corrected chi connectivity index (χ4v) is 8.18. The van der Waals surface area contributed by atoms with Crippen molar-refractivity contribution in [1.82, 2.24) is 4.73 Å². The number of carbonyl (C=O) groups excluding carboxylic acids is 2. The molecule has 0 radical (unpaired) electrons. The Labute approximate surface area is 201 Å². The minimum absolute atomic E-state index is 0.0220. The van der Waals surface area contributed by atoms with Gasteiger partial charge < -0.3 is 9.57 Å². The lowest BCUT2D eigenvalue weighted by molar-refractivity contribution is -0.157. The first kappa shape index (κ1) is 22.8. The first-order valence-corrected chi connectivity index (χ1v) is 12.9. The van der Waals surface area contributed by atoms with E-state index in [4.69, 9.17) is 21.8 Å². The van der Waals surface area contributed by atoms with Crippen molar-refractivity contribution >= 4 is 24.2 Å². The number of hydrogen-bond donors (Lipinski definition) is 0. The molecule has 0 spiro atoms. The SMILES string of the molecule is CC(=O)O[C@H]1CC[C@@]2(C)C(=CC[C@H]3[C@@H]4CC[C@H](C(=O)On5ccccc5=S)[C@@]4(C)CC[C@@H]32)C1. The molecule has 0 aromatic carbocycles. The summed E-state index contributed by atoms with van der Waals surface area (Å²) in [5.41, 5.74) is 1.67. The number of allylic oxidation sites excluding steroid dienone is 1. The van der Waals surface area contributed by atoms with Gasteiger partial charge in [-0.15, -0.1) is 0 Å². The second-order valence-electron chi connectivity index (χ2n) is 11.2. The van der Waals surface area contributed by atoms with E-state index >= 15 is 0 Å². The number of carbonyl (C=O) groups is 2. The van der Waals surface area contributed by atoms with Crippen LogP contribution in [0.1, 0.15) is 72.1 Å². The monoisotopic (exact) mass is 469 g/mol. The van der Waals surface area contributed by atoms with Crippen molar-refractivity contribution in [3.63, 3.8) is 0 Å². The molecule has 4 aliphatic rings. The fourth-order valence-electron chi connectivity index (χ4n) is 8.00. The third-order valence-electron chi connectivity index (χ3n) is 9.65. The first-order chi connectivity index (χ1) is 15.7. The average molecular weight is 470 g/mol. The number of esters is 1. The molecule has 5 rings (SSSR count). The summed E-state index contributed by atoms with van der Waals surface area (Å²) in [6.07, 6.45) is 12.4. The van der Waals surface area contributed by atoms with Gasteiger partial charge in [0.2, 0.25) is 0 Å². The molecule has 1 aromatic rings. The van der Waals surface area contributed by atoms with E-state index in [1.807, 2.05) is 12.1 Å². The van der Waals surface area contributed by atoms with Gasteiger partial charge in [-0.05, 0) is 85.7 Å². The number of pyridine rings is 1. The second-order valence-corrected chi connectivity index (χ2v) is 11.6. The predicted molar refractivity (Wildman–Crippen MR) is 128 cm³/mol. The third-order valence-corrected chi connectivity index (χ3v) is 9.97. The van der Waals surface area contributed by atoms with Gasteiger partial charge in [-0.2, -0.15) is 4.73 Å². The van der Waals surface area contributed by atoms with Crippen LogP contribution < -0.4 is 4.84 Å². The van der Waals surface area contributed by atoms with Gasteiger partial charge in [-0.3, -0.25) is 4.79 Å². The largest absolute Gasteiger partial charge is 0.462 e. The summed E-state index contributed by atoms with van der Waals surface area (Å²) < 4.78 is 7.50. The smallest absolute Gasteiger partial charge is 0.336 e. The topological polar surface area (TPSA) is 57.5 Å². The quantitative estimate of drug-likeness (QED) is 0.324. The molecule has 1 aromatic heterocycles. The molecule has 4 aliphatic carbocycles. The van der Waals surface area contributed by atoms with Crippen LogP contribution in [0.25, 0.3) is 0 Å². The molecular weight excluding hydrogens is 434 g/mol. The summed E-state index contributed by atoms with van der Waals surface area (Å²) in [6, 6.07) is 5.46. The van der Waals surface area contributed by atoms with Crippen molar-refractivity contribution in [3.05, 3.63) is 40.7 Å². The molecule has 0 amide bonds. The van der Waals surface area contributed by atoms with Crippen molar-refractivity contribution < 1.29 is 19.2 Å². The highest BCUT2D eigenvalue weighted by atomic mass is 32.1. The molecule has 33 heavy (non-hydrogen) atoms. The van der Waals surface area contributed by atoms with Gasteiger partial charge in [0.15, 0.2) is 0 Å². The van der Waals surface area contributed by atoms with Crippen LogP contribution in [0.15, 0.2) is 36.0 Å². The van der Waals surface area contributed by atoms with E-state index in [0.29, 0.717) is 22.4 Å². The van der Waals surface area contributed by atoms with Gasteiger partial charge in [0.25, 0.3) is 0 Å². The van der Waals surface area contributed by atoms with Crippen molar-refractivity contribution in [2.24, 2.45) is 34.5 Å². The van der Waals surface area contributed by atoms with Crippen LogP contribution in [0.5, 0.6) is 0 Å². The normalized spacial score (nSPS) is 39.5. The maximum absolute atomic E-state index is 13.3. The number of rotatable bonds is 3. The van der Waals surface area contributed by atoms with E-state index < -0.39 is 0 Å². The van der Waals surface area contributed by atoms with Crippen LogP contribution in [0.2, 0.25) is 0 Å². The molecule has 5 nitrogen and oxygen atoms in total. The van der Waals surface area contributed by atoms with Crippen LogP contribution >= 0.6 is 12.2 Å². The summed E-state index contributed by atoms with van der Waals surface area (Å²) >= 11 is 5.31. The minimum atomic E-state index is -0.174. The van der Waals surface area contributed by atoms with E-state index in [2.05, 4.69) is 19.9 Å². The van der Waals surface area contributed by atoms with Crippen molar-refractivity contribution in [2.45, 2.75) is 78.2 Å². The highest BCUT2D eigenvalue weighted by Gasteiger charge is 2.60. The molecule has 0 saturated heterocycles. The fraction of sp³-hybridized carbons (Fsp3) is 0.667. The van der Waals surface area contributed by atoms with E-state index in [0.717, 1.165) is 51.4 Å². The van der Waals surface area contributed by atoms with Crippen molar-refractivity contribution in [2.75, 3.05) is 0 Å². The number of fused-ring (bicyclic) bond motifs is 5. The summed E-state index contributed by atoms with van der Waals surface area (Å²) in [6.45, 7) is 6.28. The molecule has 0 aliphatic heterocycles. The van der Waals surface area contributed by atoms with Crippen LogP contribution in [0.3, 0.4) is 0 Å². The Morgan fingerprint density at radius 1 is 1.09 bits per heavy atom. The van der Waals surface area contributed by atoms with Crippen LogP contribution in [-0.4, -0.2) is 22.8 Å². The third kappa shape index (κ3) is 3.78. The molecular formula is C27H35NO4S. The van der Waals surface area contributed by atoms with Crippen LogP contribution in [0.4, 0.5) is 0 Å². The molecule has 1 heterocycles. The lowest BCUT2D eigenvalue weighted by atomic mass is 9.47. The minimum Gasteiger partial charge on any atom is -0.462 e. The second kappa shape index (κ2) is 8.37. The zero-order valence-electron chi connectivity index (χ0n) is 19.9. The van der Waals surface area contributed by atoms with Crippen LogP contribution in [0, 0.1) is 39.1 Å². The Morgan fingerprint density at radius 2 is 1.91 bits per heavy atom. The lowest BCUT2D eigenvalue weighted by Gasteiger charge is -2.57. The average Bonchev–Trinajstić information content (AvgIpc) is 3.12. The summed E-state index contributed by atoms with van der Waals surface area (Å²) in [7, 11) is 0. The predicted octanol–water partition coefficient (Wildman–Crippen LogP) is 5.68. The van der Waals surface area contributed by atoms with Gasteiger partial charge in [0.05, 0.1) is 5.92 Å². The van der Waals surface area contributed by atoms with E-state index in [9.17, 15) is 9.59 Å². The molecule has 6 heteroatoms. The van der Waals surface area contributed by atoms with E-state index in [-0.39, 0.29) is 34.8 Å². The highest BCUT2D eigenvalue weighted by molar-refractivity contribution is 7.71. The van der Waals surface area contributed by atoms with Crippen LogP contribution in [-0.2, 0) is 14.3 Å². The van der Waals surface area contributed by atoms with E-state index in [1.165, 1.54) is 17.2 Å². The van der Waals surface area contributed by atoms with Gasteiger partial charge in [-0.25, -0.2) is 4.79 Å². The van der Waals surface area contributed by atoms with E-state index in [1.54, 1.807) is 12.3 Å². The van der Waals surface area contributed by atoms with Gasteiger partial charge >= 0.3 is 11.9 Å². The molecule has 178 valence electrons. The Kier molecular flexibility index (Phi) is 5.79. The van der Waals surface area contributed by atoms with Gasteiger partial charge in [0, 0.05) is 19.5 Å². The van der Waals surface area contributed by atoms with Gasteiger partial charge in [0.1, 0.15) is 10.7 Å². The Hall–Kier alpha value is -1.95. The van der Waals surface area contributed by atoms with Crippen molar-refractivity contribution in [3.8, 4) is 0 Å². The Morgan fingerprint density at radius 3 is 2.67 bits per heavy atom. The van der Waals surface area contributed by atoms with Crippen molar-refractivity contribution in [1.29, 1.82) is 0 Å². The number of hydrogen-bond acceptors (Lipinski definition) is 5. The number of ether oxygens (including phenoxy) is 1. The summed E-state index contributed by atoms with van der Waals surface area (Å²) in [5, 5.41) is 0. The first-order valence-electron chi connectivity index (χ1n) is 12.5. The molecule has 0 N–H and O–H groups in total. The maximum atomic E-state index is 13.3. The summed E-state index contributed by atoms with van der Waals surface area (Å²) in [4.78, 5) is 30.5. The number of nitrogens with zero attached hydrogens (tertiary/aromatic N) is 1.